The van der Waals surface area contributed by atoms with Crippen molar-refractivity contribution >= 4 is 33.4 Å². The van der Waals surface area contributed by atoms with E-state index in [-0.39, 0.29) is 11.6 Å². The highest BCUT2D eigenvalue weighted by atomic mass is 16.1. The number of carbonyl (C=O) groups is 2. The van der Waals surface area contributed by atoms with Crippen molar-refractivity contribution in [2.75, 3.05) is 0 Å². The van der Waals surface area contributed by atoms with E-state index in [1.807, 2.05) is 127 Å². The SMILES string of the molecule is O=C(c1ccccc1)c1ccc2nc3ccc(C(=O)c4ccccc4)cc3c(-c3ccccc3)c2c1. The van der Waals surface area contributed by atoms with E-state index in [0.29, 0.717) is 22.3 Å². The summed E-state index contributed by atoms with van der Waals surface area (Å²) in [6, 6.07) is 39.9. The van der Waals surface area contributed by atoms with Crippen molar-refractivity contribution in [3.8, 4) is 11.1 Å². The van der Waals surface area contributed by atoms with Crippen molar-refractivity contribution in [2.24, 2.45) is 0 Å². The van der Waals surface area contributed by atoms with Crippen LogP contribution in [0.25, 0.3) is 32.9 Å². The van der Waals surface area contributed by atoms with Crippen LogP contribution in [0.5, 0.6) is 0 Å². The Morgan fingerprint density at radius 1 is 0.444 bits per heavy atom. The van der Waals surface area contributed by atoms with Crippen LogP contribution in [0.3, 0.4) is 0 Å². The summed E-state index contributed by atoms with van der Waals surface area (Å²) >= 11 is 0. The number of ketones is 2. The highest BCUT2D eigenvalue weighted by Crippen LogP contribution is 2.36. The maximum absolute atomic E-state index is 13.2. The van der Waals surface area contributed by atoms with E-state index < -0.39 is 0 Å². The molecule has 0 unspecified atom stereocenters. The molecule has 0 atom stereocenters. The first kappa shape index (κ1) is 21.6. The summed E-state index contributed by atoms with van der Waals surface area (Å²) in [5, 5.41) is 1.75. The maximum atomic E-state index is 13.2. The largest absolute Gasteiger partial charge is 0.289 e. The minimum absolute atomic E-state index is 0.0374. The van der Waals surface area contributed by atoms with Crippen LogP contribution in [-0.2, 0) is 0 Å². The summed E-state index contributed by atoms with van der Waals surface area (Å²) in [5.41, 5.74) is 6.04. The Labute approximate surface area is 208 Å². The standard InChI is InChI=1S/C33H21NO2/c35-32(23-12-6-2-7-13-23)25-16-18-29-27(20-25)31(22-10-4-1-5-11-22)28-21-26(17-19-30(28)34-29)33(36)24-14-8-3-9-15-24/h1-21H. The van der Waals surface area contributed by atoms with Crippen molar-refractivity contribution < 1.29 is 9.59 Å². The zero-order valence-electron chi connectivity index (χ0n) is 19.4. The van der Waals surface area contributed by atoms with Gasteiger partial charge >= 0.3 is 0 Å². The van der Waals surface area contributed by atoms with E-state index in [4.69, 9.17) is 4.98 Å². The summed E-state index contributed by atoms with van der Waals surface area (Å²) in [5.74, 6) is -0.0748. The lowest BCUT2D eigenvalue weighted by atomic mass is 9.92. The van der Waals surface area contributed by atoms with Gasteiger partial charge in [0.25, 0.3) is 0 Å². The first-order valence-corrected chi connectivity index (χ1v) is 11.8. The van der Waals surface area contributed by atoms with Gasteiger partial charge in [-0.15, -0.1) is 0 Å². The summed E-state index contributed by atoms with van der Waals surface area (Å²) in [6.07, 6.45) is 0. The molecule has 0 aliphatic carbocycles. The Hall–Kier alpha value is -4.89. The third-order valence-electron chi connectivity index (χ3n) is 6.43. The molecule has 3 nitrogen and oxygen atoms in total. The van der Waals surface area contributed by atoms with Crippen LogP contribution in [0.2, 0.25) is 0 Å². The van der Waals surface area contributed by atoms with Gasteiger partial charge in [-0.3, -0.25) is 9.59 Å². The molecular weight excluding hydrogens is 442 g/mol. The molecule has 0 spiro atoms. The summed E-state index contributed by atoms with van der Waals surface area (Å²) < 4.78 is 0. The Bertz CT molecular complexity index is 1630. The van der Waals surface area contributed by atoms with Crippen LogP contribution in [-0.4, -0.2) is 16.6 Å². The predicted octanol–water partition coefficient (Wildman–Crippen LogP) is 7.52. The Morgan fingerprint density at radius 3 is 1.31 bits per heavy atom. The van der Waals surface area contributed by atoms with E-state index in [2.05, 4.69) is 0 Å². The lowest BCUT2D eigenvalue weighted by Gasteiger charge is -2.14. The van der Waals surface area contributed by atoms with Gasteiger partial charge < -0.3 is 0 Å². The minimum Gasteiger partial charge on any atom is -0.289 e. The number of hydrogen-bond donors (Lipinski definition) is 0. The highest BCUT2D eigenvalue weighted by molar-refractivity contribution is 6.16. The third-order valence-corrected chi connectivity index (χ3v) is 6.43. The molecular formula is C33H21NO2. The maximum Gasteiger partial charge on any atom is 0.193 e. The normalized spacial score (nSPS) is 11.0. The number of pyridine rings is 1. The molecule has 3 heteroatoms. The molecule has 6 aromatic rings. The van der Waals surface area contributed by atoms with E-state index in [0.717, 1.165) is 32.9 Å². The van der Waals surface area contributed by atoms with Gasteiger partial charge in [-0.05, 0) is 42.0 Å². The fraction of sp³-hybridized carbons (Fsp3) is 0. The molecule has 1 heterocycles. The van der Waals surface area contributed by atoms with Crippen LogP contribution in [0, 0.1) is 0 Å². The first-order valence-electron chi connectivity index (χ1n) is 11.8. The van der Waals surface area contributed by atoms with Gasteiger partial charge in [0, 0.05) is 38.6 Å². The molecule has 0 bridgehead atoms. The summed E-state index contributed by atoms with van der Waals surface area (Å²) in [7, 11) is 0. The number of fused-ring (bicyclic) bond motifs is 2. The number of aromatic nitrogens is 1. The second-order valence-electron chi connectivity index (χ2n) is 8.71. The van der Waals surface area contributed by atoms with Crippen molar-refractivity contribution in [1.82, 2.24) is 4.98 Å². The quantitative estimate of drug-likeness (QED) is 0.196. The molecule has 6 rings (SSSR count). The fourth-order valence-electron chi connectivity index (χ4n) is 4.65. The second kappa shape index (κ2) is 9.05. The molecule has 1 aromatic heterocycles. The first-order chi connectivity index (χ1) is 17.7. The van der Waals surface area contributed by atoms with Gasteiger partial charge in [0.1, 0.15) is 0 Å². The Balaban J connectivity index is 1.60. The van der Waals surface area contributed by atoms with Gasteiger partial charge in [0.2, 0.25) is 0 Å². The molecule has 0 aliphatic heterocycles. The number of carbonyl (C=O) groups excluding carboxylic acids is 2. The number of hydrogen-bond acceptors (Lipinski definition) is 3. The third kappa shape index (κ3) is 3.87. The molecule has 0 saturated carbocycles. The molecule has 0 fully saturated rings. The summed E-state index contributed by atoms with van der Waals surface area (Å²) in [6.45, 7) is 0. The number of benzene rings is 5. The van der Waals surface area contributed by atoms with E-state index in [9.17, 15) is 9.59 Å². The minimum atomic E-state index is -0.0374. The van der Waals surface area contributed by atoms with Crippen LogP contribution >= 0.6 is 0 Å². The molecule has 170 valence electrons. The number of nitrogens with zero attached hydrogens (tertiary/aromatic N) is 1. The molecule has 5 aromatic carbocycles. The average Bonchev–Trinajstić information content (AvgIpc) is 2.96. The predicted molar refractivity (Wildman–Crippen MR) is 144 cm³/mol. The van der Waals surface area contributed by atoms with Gasteiger partial charge in [-0.1, -0.05) is 91.0 Å². The highest BCUT2D eigenvalue weighted by Gasteiger charge is 2.17. The second-order valence-corrected chi connectivity index (χ2v) is 8.71. The van der Waals surface area contributed by atoms with E-state index >= 15 is 0 Å². The van der Waals surface area contributed by atoms with Crippen molar-refractivity contribution in [3.05, 3.63) is 150 Å². The molecule has 0 N–H and O–H groups in total. The monoisotopic (exact) mass is 463 g/mol. The topological polar surface area (TPSA) is 47.0 Å². The lowest BCUT2D eigenvalue weighted by Crippen LogP contribution is -2.03. The zero-order valence-corrected chi connectivity index (χ0v) is 19.4. The van der Waals surface area contributed by atoms with Gasteiger partial charge in [0.05, 0.1) is 11.0 Å². The van der Waals surface area contributed by atoms with Crippen molar-refractivity contribution in [2.45, 2.75) is 0 Å². The fourth-order valence-corrected chi connectivity index (χ4v) is 4.65. The number of rotatable bonds is 5. The average molecular weight is 464 g/mol. The van der Waals surface area contributed by atoms with Gasteiger partial charge in [0.15, 0.2) is 11.6 Å². The van der Waals surface area contributed by atoms with Crippen molar-refractivity contribution in [3.63, 3.8) is 0 Å². The smallest absolute Gasteiger partial charge is 0.193 e. The molecule has 0 amide bonds. The van der Waals surface area contributed by atoms with Gasteiger partial charge in [-0.25, -0.2) is 4.98 Å². The van der Waals surface area contributed by atoms with Gasteiger partial charge in [-0.2, -0.15) is 0 Å². The molecule has 0 radical (unpaired) electrons. The van der Waals surface area contributed by atoms with Crippen LogP contribution < -0.4 is 0 Å². The van der Waals surface area contributed by atoms with Crippen LogP contribution in [0.1, 0.15) is 31.8 Å². The lowest BCUT2D eigenvalue weighted by molar-refractivity contribution is 0.103. The Morgan fingerprint density at radius 2 is 0.861 bits per heavy atom. The summed E-state index contributed by atoms with van der Waals surface area (Å²) in [4.78, 5) is 31.4. The molecule has 0 saturated heterocycles. The van der Waals surface area contributed by atoms with Crippen LogP contribution in [0.4, 0.5) is 0 Å². The van der Waals surface area contributed by atoms with Crippen molar-refractivity contribution in [1.29, 1.82) is 0 Å². The Kier molecular flexibility index (Phi) is 5.44. The molecule has 36 heavy (non-hydrogen) atoms. The van der Waals surface area contributed by atoms with E-state index in [1.54, 1.807) is 0 Å². The van der Waals surface area contributed by atoms with Crippen LogP contribution in [0.15, 0.2) is 127 Å². The zero-order chi connectivity index (χ0) is 24.5. The van der Waals surface area contributed by atoms with E-state index in [1.165, 1.54) is 0 Å². The molecule has 0 aliphatic rings.